The minimum Gasteiger partial charge on any atom is -0.373 e. The zero-order valence-corrected chi connectivity index (χ0v) is 13.6. The average Bonchev–Trinajstić information content (AvgIpc) is 2.91. The Morgan fingerprint density at radius 2 is 2.14 bits per heavy atom. The number of ether oxygens (including phenoxy) is 1. The van der Waals surface area contributed by atoms with Gasteiger partial charge >= 0.3 is 0 Å². The highest BCUT2D eigenvalue weighted by molar-refractivity contribution is 7.19. The average molecular weight is 303 g/mol. The molecule has 2 aromatic rings. The lowest BCUT2D eigenvalue weighted by Gasteiger charge is -2.28. The van der Waals surface area contributed by atoms with Crippen LogP contribution in [0, 0.1) is 5.92 Å². The summed E-state index contributed by atoms with van der Waals surface area (Å²) in [4.78, 5) is 1.28. The zero-order valence-electron chi connectivity index (χ0n) is 12.8. The van der Waals surface area contributed by atoms with E-state index in [0.717, 1.165) is 12.5 Å². The quantitative estimate of drug-likeness (QED) is 0.857. The zero-order chi connectivity index (χ0) is 14.7. The Morgan fingerprint density at radius 3 is 2.95 bits per heavy atom. The molecule has 2 atom stereocenters. The number of hydrogen-bond donors (Lipinski definition) is 1. The van der Waals surface area contributed by atoms with Crippen molar-refractivity contribution in [1.82, 2.24) is 0 Å². The molecule has 1 aliphatic rings. The molecular weight excluding hydrogens is 278 g/mol. The fourth-order valence-electron chi connectivity index (χ4n) is 3.44. The highest BCUT2D eigenvalue weighted by atomic mass is 32.1. The predicted octanol–water partition coefficient (Wildman–Crippen LogP) is 4.85. The summed E-state index contributed by atoms with van der Waals surface area (Å²) in [5.74, 6) is 0.858. The molecule has 114 valence electrons. The van der Waals surface area contributed by atoms with Gasteiger partial charge in [-0.15, -0.1) is 11.3 Å². The highest BCUT2D eigenvalue weighted by Gasteiger charge is 2.22. The van der Waals surface area contributed by atoms with Crippen LogP contribution >= 0.6 is 11.3 Å². The monoisotopic (exact) mass is 303 g/mol. The Bertz CT molecular complexity index is 592. The van der Waals surface area contributed by atoms with Crippen molar-refractivity contribution >= 4 is 21.4 Å². The van der Waals surface area contributed by atoms with E-state index in [-0.39, 0.29) is 0 Å². The Balaban J connectivity index is 1.72. The SMILES string of the molecule is CCC1CCCC(OCc2c(CN)sc3ccccc23)C1. The van der Waals surface area contributed by atoms with Gasteiger partial charge < -0.3 is 10.5 Å². The summed E-state index contributed by atoms with van der Waals surface area (Å²) < 4.78 is 7.59. The van der Waals surface area contributed by atoms with Crippen LogP contribution in [0.15, 0.2) is 24.3 Å². The summed E-state index contributed by atoms with van der Waals surface area (Å²) in [6.07, 6.45) is 6.87. The Labute approximate surface area is 131 Å². The molecule has 0 amide bonds. The number of nitrogens with two attached hydrogens (primary N) is 1. The topological polar surface area (TPSA) is 35.2 Å². The summed E-state index contributed by atoms with van der Waals surface area (Å²) in [7, 11) is 0. The highest BCUT2D eigenvalue weighted by Crippen LogP contribution is 2.33. The van der Waals surface area contributed by atoms with Crippen molar-refractivity contribution in [3.8, 4) is 0 Å². The molecule has 2 unspecified atom stereocenters. The van der Waals surface area contributed by atoms with Gasteiger partial charge in [0.25, 0.3) is 0 Å². The van der Waals surface area contributed by atoms with Crippen molar-refractivity contribution in [3.63, 3.8) is 0 Å². The second kappa shape index (κ2) is 6.91. The van der Waals surface area contributed by atoms with E-state index in [1.54, 1.807) is 0 Å². The van der Waals surface area contributed by atoms with Gasteiger partial charge in [0.15, 0.2) is 0 Å². The van der Waals surface area contributed by atoms with E-state index in [1.807, 2.05) is 11.3 Å². The van der Waals surface area contributed by atoms with Crippen molar-refractivity contribution in [2.45, 2.75) is 58.3 Å². The van der Waals surface area contributed by atoms with E-state index in [9.17, 15) is 0 Å². The van der Waals surface area contributed by atoms with Crippen LogP contribution in [0.25, 0.3) is 10.1 Å². The minimum absolute atomic E-state index is 0.438. The van der Waals surface area contributed by atoms with Crippen molar-refractivity contribution in [3.05, 3.63) is 34.7 Å². The molecule has 3 rings (SSSR count). The molecule has 0 bridgehead atoms. The lowest BCUT2D eigenvalue weighted by molar-refractivity contribution is 0.00213. The molecule has 1 aromatic heterocycles. The fourth-order valence-corrected chi connectivity index (χ4v) is 4.53. The van der Waals surface area contributed by atoms with Crippen LogP contribution in [-0.4, -0.2) is 6.10 Å². The largest absolute Gasteiger partial charge is 0.373 e. The van der Waals surface area contributed by atoms with Crippen LogP contribution in [0.2, 0.25) is 0 Å². The first-order valence-electron chi connectivity index (χ1n) is 8.12. The van der Waals surface area contributed by atoms with Gasteiger partial charge in [-0.2, -0.15) is 0 Å². The first-order chi connectivity index (χ1) is 10.3. The van der Waals surface area contributed by atoms with Crippen LogP contribution < -0.4 is 5.73 Å². The number of thiophene rings is 1. The first-order valence-corrected chi connectivity index (χ1v) is 8.94. The number of rotatable bonds is 5. The number of benzene rings is 1. The maximum Gasteiger partial charge on any atom is 0.0738 e. The third-order valence-corrected chi connectivity index (χ3v) is 5.98. The summed E-state index contributed by atoms with van der Waals surface area (Å²) in [5, 5.41) is 1.32. The van der Waals surface area contributed by atoms with Crippen LogP contribution in [0.3, 0.4) is 0 Å². The molecule has 3 heteroatoms. The molecule has 1 heterocycles. The van der Waals surface area contributed by atoms with E-state index < -0.39 is 0 Å². The molecule has 1 aliphatic carbocycles. The van der Waals surface area contributed by atoms with Gasteiger partial charge in [0.1, 0.15) is 0 Å². The minimum atomic E-state index is 0.438. The van der Waals surface area contributed by atoms with Gasteiger partial charge in [-0.05, 0) is 30.2 Å². The van der Waals surface area contributed by atoms with E-state index in [0.29, 0.717) is 12.6 Å². The van der Waals surface area contributed by atoms with Gasteiger partial charge in [0.05, 0.1) is 12.7 Å². The lowest BCUT2D eigenvalue weighted by atomic mass is 9.85. The van der Waals surface area contributed by atoms with Crippen LogP contribution in [-0.2, 0) is 17.9 Å². The van der Waals surface area contributed by atoms with E-state index in [1.165, 1.54) is 52.6 Å². The standard InChI is InChI=1S/C18H25NOS/c1-2-13-6-5-7-14(10-13)20-12-16-15-8-3-4-9-17(15)21-18(16)11-19/h3-4,8-9,13-14H,2,5-7,10-12,19H2,1H3. The number of fused-ring (bicyclic) bond motifs is 1. The molecule has 2 N–H and O–H groups in total. The summed E-state index contributed by atoms with van der Waals surface area (Å²) in [5.41, 5.74) is 7.24. The van der Waals surface area contributed by atoms with Crippen molar-refractivity contribution < 1.29 is 4.74 Å². The summed E-state index contributed by atoms with van der Waals surface area (Å²) in [6, 6.07) is 8.57. The van der Waals surface area contributed by atoms with Crippen molar-refractivity contribution in [2.75, 3.05) is 0 Å². The van der Waals surface area contributed by atoms with Crippen molar-refractivity contribution in [1.29, 1.82) is 0 Å². The lowest BCUT2D eigenvalue weighted by Crippen LogP contribution is -2.22. The first kappa shape index (κ1) is 15.0. The molecular formula is C18H25NOS. The summed E-state index contributed by atoms with van der Waals surface area (Å²) in [6.45, 7) is 3.63. The van der Waals surface area contributed by atoms with Crippen LogP contribution in [0.4, 0.5) is 0 Å². The van der Waals surface area contributed by atoms with E-state index in [4.69, 9.17) is 10.5 Å². The molecule has 0 spiro atoms. The van der Waals surface area contributed by atoms with Gasteiger partial charge in [-0.1, -0.05) is 44.4 Å². The molecule has 0 saturated heterocycles. The van der Waals surface area contributed by atoms with Crippen LogP contribution in [0.1, 0.15) is 49.5 Å². The van der Waals surface area contributed by atoms with Crippen LogP contribution in [0.5, 0.6) is 0 Å². The third kappa shape index (κ3) is 3.31. The van der Waals surface area contributed by atoms with Gasteiger partial charge in [0, 0.05) is 21.7 Å². The molecule has 1 fully saturated rings. The molecule has 0 aliphatic heterocycles. The fraction of sp³-hybridized carbons (Fsp3) is 0.556. The number of hydrogen-bond acceptors (Lipinski definition) is 3. The van der Waals surface area contributed by atoms with Gasteiger partial charge in [-0.25, -0.2) is 0 Å². The third-order valence-electron chi connectivity index (χ3n) is 4.74. The van der Waals surface area contributed by atoms with Crippen molar-refractivity contribution in [2.24, 2.45) is 11.7 Å². The molecule has 0 radical (unpaired) electrons. The second-order valence-electron chi connectivity index (χ2n) is 6.08. The molecule has 2 nitrogen and oxygen atoms in total. The molecule has 21 heavy (non-hydrogen) atoms. The smallest absolute Gasteiger partial charge is 0.0738 e. The van der Waals surface area contributed by atoms with Gasteiger partial charge in [0.2, 0.25) is 0 Å². The Morgan fingerprint density at radius 1 is 1.29 bits per heavy atom. The van der Waals surface area contributed by atoms with E-state index in [2.05, 4.69) is 31.2 Å². The van der Waals surface area contributed by atoms with Gasteiger partial charge in [-0.3, -0.25) is 0 Å². The molecule has 1 saturated carbocycles. The maximum absolute atomic E-state index is 6.26. The molecule has 1 aromatic carbocycles. The second-order valence-corrected chi connectivity index (χ2v) is 7.21. The van der Waals surface area contributed by atoms with E-state index >= 15 is 0 Å². The Hall–Kier alpha value is -0.900. The normalized spacial score (nSPS) is 22.8. The predicted molar refractivity (Wildman–Crippen MR) is 90.5 cm³/mol. The Kier molecular flexibility index (Phi) is 4.94. The maximum atomic E-state index is 6.26. The summed E-state index contributed by atoms with van der Waals surface area (Å²) >= 11 is 1.81.